The molecular formula is C28H26ClN3O4S. The number of hydrogen-bond donors (Lipinski definition) is 3. The van der Waals surface area contributed by atoms with E-state index in [-0.39, 0.29) is 0 Å². The van der Waals surface area contributed by atoms with Crippen LogP contribution in [0.25, 0.3) is 22.5 Å². The number of nitrogens with one attached hydrogen (secondary N) is 2. The summed E-state index contributed by atoms with van der Waals surface area (Å²) in [7, 11) is 0. The number of rotatable bonds is 11. The second kappa shape index (κ2) is 10.9. The van der Waals surface area contributed by atoms with Crippen LogP contribution in [0.3, 0.4) is 0 Å². The molecule has 1 aliphatic carbocycles. The molecule has 4 aromatic rings. The van der Waals surface area contributed by atoms with Gasteiger partial charge >= 0.3 is 5.97 Å². The van der Waals surface area contributed by atoms with Crippen LogP contribution in [-0.4, -0.2) is 27.0 Å². The minimum atomic E-state index is -1.51. The number of aromatic nitrogens is 1. The average Bonchev–Trinajstić information content (AvgIpc) is 3.61. The number of hydrogen-bond acceptors (Lipinski definition) is 4. The number of benzene rings is 3. The Bertz CT molecular complexity index is 1420. The molecular weight excluding hydrogens is 510 g/mol. The summed E-state index contributed by atoms with van der Waals surface area (Å²) in [5, 5.41) is 14.1. The van der Waals surface area contributed by atoms with Crippen LogP contribution in [0.4, 0.5) is 5.69 Å². The highest BCUT2D eigenvalue weighted by atomic mass is 35.5. The lowest BCUT2D eigenvalue weighted by atomic mass is 9.93. The molecule has 0 spiro atoms. The van der Waals surface area contributed by atoms with Crippen LogP contribution < -0.4 is 9.44 Å². The monoisotopic (exact) mass is 535 g/mol. The summed E-state index contributed by atoms with van der Waals surface area (Å²) in [5.41, 5.74) is 4.52. The molecule has 1 unspecified atom stereocenters. The molecule has 190 valence electrons. The third kappa shape index (κ3) is 5.61. The third-order valence-corrected chi connectivity index (χ3v) is 7.90. The molecule has 1 saturated carbocycles. The number of nitrogens with zero attached hydrogens (tertiary/aromatic N) is 1. The molecule has 1 aliphatic rings. The van der Waals surface area contributed by atoms with Gasteiger partial charge in [-0.3, -0.25) is 9.52 Å². The first-order chi connectivity index (χ1) is 18.0. The maximum Gasteiger partial charge on any atom is 0.314 e. The van der Waals surface area contributed by atoms with E-state index in [9.17, 15) is 14.1 Å². The van der Waals surface area contributed by atoms with Gasteiger partial charge in [-0.05, 0) is 54.0 Å². The normalized spacial score (nSPS) is 14.7. The first-order valence-corrected chi connectivity index (χ1v) is 13.5. The Balaban J connectivity index is 1.18. The Kier molecular flexibility index (Phi) is 7.41. The number of anilines is 1. The first kappa shape index (κ1) is 25.2. The maximum absolute atomic E-state index is 12.5. The van der Waals surface area contributed by atoms with Gasteiger partial charge in [0, 0.05) is 17.1 Å². The van der Waals surface area contributed by atoms with Crippen molar-refractivity contribution in [2.24, 2.45) is 0 Å². The highest BCUT2D eigenvalue weighted by molar-refractivity contribution is 7.84. The largest absolute Gasteiger partial charge is 0.481 e. The van der Waals surface area contributed by atoms with E-state index in [0.29, 0.717) is 30.8 Å². The van der Waals surface area contributed by atoms with Crippen LogP contribution in [0.15, 0.2) is 83.5 Å². The second-order valence-corrected chi connectivity index (χ2v) is 10.5. The maximum atomic E-state index is 12.5. The van der Waals surface area contributed by atoms with Crippen molar-refractivity contribution in [3.05, 3.63) is 95.1 Å². The molecule has 3 aromatic carbocycles. The van der Waals surface area contributed by atoms with E-state index in [0.717, 1.165) is 45.7 Å². The van der Waals surface area contributed by atoms with Crippen LogP contribution in [0.5, 0.6) is 0 Å². The zero-order valence-electron chi connectivity index (χ0n) is 19.9. The zero-order valence-corrected chi connectivity index (χ0v) is 21.5. The van der Waals surface area contributed by atoms with Gasteiger partial charge in [0.25, 0.3) is 0 Å². The smallest absolute Gasteiger partial charge is 0.314 e. The van der Waals surface area contributed by atoms with Gasteiger partial charge in [0.2, 0.25) is 0 Å². The molecule has 0 aliphatic heterocycles. The van der Waals surface area contributed by atoms with Gasteiger partial charge in [-0.15, -0.1) is 0 Å². The van der Waals surface area contributed by atoms with E-state index >= 15 is 0 Å². The molecule has 1 aromatic heterocycles. The summed E-state index contributed by atoms with van der Waals surface area (Å²) in [6, 6.07) is 23.2. The zero-order chi connectivity index (χ0) is 25.8. The van der Waals surface area contributed by atoms with Crippen molar-refractivity contribution in [2.45, 2.75) is 31.1 Å². The van der Waals surface area contributed by atoms with Crippen LogP contribution >= 0.6 is 11.6 Å². The Morgan fingerprint density at radius 3 is 2.30 bits per heavy atom. The minimum absolute atomic E-state index is 0.491. The highest BCUT2D eigenvalue weighted by Crippen LogP contribution is 2.48. The van der Waals surface area contributed by atoms with Crippen molar-refractivity contribution in [2.75, 3.05) is 11.3 Å². The van der Waals surface area contributed by atoms with Gasteiger partial charge < -0.3 is 9.63 Å². The van der Waals surface area contributed by atoms with Crippen molar-refractivity contribution < 1.29 is 18.6 Å². The predicted molar refractivity (Wildman–Crippen MR) is 145 cm³/mol. The van der Waals surface area contributed by atoms with Gasteiger partial charge in [-0.1, -0.05) is 83.5 Å². The quantitative estimate of drug-likeness (QED) is 0.205. The Morgan fingerprint density at radius 1 is 1.00 bits per heavy atom. The lowest BCUT2D eigenvalue weighted by molar-refractivity contribution is -0.140. The molecule has 0 saturated heterocycles. The number of carboxylic acid groups (broad SMARTS) is 1. The highest BCUT2D eigenvalue weighted by Gasteiger charge is 2.51. The van der Waals surface area contributed by atoms with Crippen LogP contribution in [0.2, 0.25) is 5.02 Å². The summed E-state index contributed by atoms with van der Waals surface area (Å²) in [6.45, 7) is 0.548. The minimum Gasteiger partial charge on any atom is -0.481 e. The van der Waals surface area contributed by atoms with E-state index in [1.807, 2.05) is 72.8 Å². The summed E-state index contributed by atoms with van der Waals surface area (Å²) < 4.78 is 23.8. The lowest BCUT2D eigenvalue weighted by Gasteiger charge is -2.11. The molecule has 5 rings (SSSR count). The van der Waals surface area contributed by atoms with E-state index < -0.39 is 22.6 Å². The fourth-order valence-electron chi connectivity index (χ4n) is 4.35. The van der Waals surface area contributed by atoms with Gasteiger partial charge in [0.05, 0.1) is 11.6 Å². The van der Waals surface area contributed by atoms with Crippen molar-refractivity contribution >= 4 is 34.4 Å². The molecule has 3 N–H and O–H groups in total. The van der Waals surface area contributed by atoms with Crippen LogP contribution in [-0.2, 0) is 27.8 Å². The summed E-state index contributed by atoms with van der Waals surface area (Å²) in [5.74, 6) is -0.264. The Hall–Kier alpha value is -3.46. The van der Waals surface area contributed by atoms with E-state index in [1.165, 1.54) is 6.20 Å². The summed E-state index contributed by atoms with van der Waals surface area (Å²) >= 11 is 4.67. The second-order valence-electron chi connectivity index (χ2n) is 9.07. The fraction of sp³-hybridized carbons (Fsp3) is 0.214. The van der Waals surface area contributed by atoms with Crippen molar-refractivity contribution in [3.63, 3.8) is 0 Å². The number of carbonyl (C=O) groups is 1. The summed E-state index contributed by atoms with van der Waals surface area (Å²) in [4.78, 5) is 11.6. The number of carboxylic acids is 1. The molecule has 9 heteroatoms. The van der Waals surface area contributed by atoms with Crippen molar-refractivity contribution in [1.29, 1.82) is 0 Å². The first-order valence-electron chi connectivity index (χ1n) is 12.0. The summed E-state index contributed by atoms with van der Waals surface area (Å²) in [6.07, 6.45) is 4.45. The van der Waals surface area contributed by atoms with Crippen molar-refractivity contribution in [1.82, 2.24) is 9.88 Å². The van der Waals surface area contributed by atoms with Gasteiger partial charge in [-0.25, -0.2) is 8.93 Å². The molecule has 37 heavy (non-hydrogen) atoms. The van der Waals surface area contributed by atoms with E-state index in [2.05, 4.69) is 14.6 Å². The molecule has 0 amide bonds. The topological polar surface area (TPSA) is 104 Å². The number of aliphatic carboxylic acids is 1. The average molecular weight is 536 g/mol. The Morgan fingerprint density at radius 2 is 1.65 bits per heavy atom. The molecule has 1 fully saturated rings. The standard InChI is InChI=1S/C28H26ClN3O4S/c29-24-6-2-1-4-21(24)5-3-17-31-37(35)32-25-18-30-36-26(25)22-9-7-19(8-10-22)20-11-13-23(14-12-20)28(15-16-28)27(33)34/h1-2,4,6-14,18,31-32H,3,5,15-17H2,(H,33,34). The van der Waals surface area contributed by atoms with E-state index in [4.69, 9.17) is 16.1 Å². The molecule has 7 nitrogen and oxygen atoms in total. The third-order valence-electron chi connectivity index (χ3n) is 6.66. The van der Waals surface area contributed by atoms with Crippen molar-refractivity contribution in [3.8, 4) is 22.5 Å². The Labute approximate surface area is 222 Å². The van der Waals surface area contributed by atoms with Crippen LogP contribution in [0, 0.1) is 0 Å². The number of aryl methyl sites for hydroxylation is 1. The van der Waals surface area contributed by atoms with Crippen LogP contribution in [0.1, 0.15) is 30.4 Å². The SMILES string of the molecule is O=C(O)C1(c2ccc(-c3ccc(-c4oncc4NS(=O)NCCCc4ccccc4Cl)cc3)cc2)CC1. The number of halogens is 1. The van der Waals surface area contributed by atoms with Gasteiger partial charge in [-0.2, -0.15) is 0 Å². The fourth-order valence-corrected chi connectivity index (χ4v) is 5.33. The molecule has 0 bridgehead atoms. The van der Waals surface area contributed by atoms with Gasteiger partial charge in [0.1, 0.15) is 5.69 Å². The molecule has 1 atom stereocenters. The molecule has 0 radical (unpaired) electrons. The predicted octanol–water partition coefficient (Wildman–Crippen LogP) is 5.99. The molecule has 1 heterocycles. The lowest BCUT2D eigenvalue weighted by Crippen LogP contribution is -2.24. The van der Waals surface area contributed by atoms with E-state index in [1.54, 1.807) is 0 Å². The van der Waals surface area contributed by atoms with Gasteiger partial charge in [0.15, 0.2) is 16.9 Å².